The lowest BCUT2D eigenvalue weighted by atomic mass is 9.82. The number of halogens is 1. The third-order valence-corrected chi connectivity index (χ3v) is 6.91. The van der Waals surface area contributed by atoms with Crippen molar-refractivity contribution in [3.05, 3.63) is 65.6 Å². The van der Waals surface area contributed by atoms with Crippen molar-refractivity contribution in [2.24, 2.45) is 0 Å². The molecule has 2 aliphatic heterocycles. The van der Waals surface area contributed by atoms with Crippen LogP contribution in [-0.2, 0) is 0 Å². The molecule has 34 heavy (non-hydrogen) atoms. The summed E-state index contributed by atoms with van der Waals surface area (Å²) in [4.78, 5) is 24.1. The number of hydrogen-bond acceptors (Lipinski definition) is 7. The van der Waals surface area contributed by atoms with Gasteiger partial charge >= 0.3 is 0 Å². The second kappa shape index (κ2) is 7.99. The molecule has 2 aromatic heterocycles. The van der Waals surface area contributed by atoms with Gasteiger partial charge in [-0.15, -0.1) is 0 Å². The third-order valence-electron chi connectivity index (χ3n) is 6.67. The topological polar surface area (TPSA) is 82.4 Å². The number of carbonyl (C=O) groups is 1. The maximum atomic E-state index is 12.9. The Hall–Kier alpha value is -3.65. The summed E-state index contributed by atoms with van der Waals surface area (Å²) in [6, 6.07) is 12.9. The van der Waals surface area contributed by atoms with Gasteiger partial charge < -0.3 is 14.4 Å². The maximum Gasteiger partial charge on any atom is 0.170 e. The van der Waals surface area contributed by atoms with E-state index in [1.807, 2.05) is 24.3 Å². The average molecular weight is 476 g/mol. The molecule has 2 aliphatic rings. The summed E-state index contributed by atoms with van der Waals surface area (Å²) < 4.78 is 13.5. The monoisotopic (exact) mass is 475 g/mol. The molecule has 0 radical (unpaired) electrons. The van der Waals surface area contributed by atoms with Crippen molar-refractivity contribution in [2.75, 3.05) is 25.1 Å². The summed E-state index contributed by atoms with van der Waals surface area (Å²) >= 11 is 6.17. The van der Waals surface area contributed by atoms with Gasteiger partial charge in [-0.3, -0.25) is 4.79 Å². The fraction of sp³-hybridized carbons (Fsp3) is 0.280. The van der Waals surface area contributed by atoms with Crippen molar-refractivity contribution >= 4 is 34.2 Å². The lowest BCUT2D eigenvalue weighted by Gasteiger charge is -2.44. The third kappa shape index (κ3) is 3.45. The van der Waals surface area contributed by atoms with Crippen LogP contribution in [-0.4, -0.2) is 51.3 Å². The summed E-state index contributed by atoms with van der Waals surface area (Å²) in [5.74, 6) is 2.24. The summed E-state index contributed by atoms with van der Waals surface area (Å²) in [6.45, 7) is 1.42. The number of Topliss-reactive ketones (excluding diaryl/α,β-unsaturated/α-hetero) is 1. The molecule has 4 aromatic rings. The van der Waals surface area contributed by atoms with E-state index in [9.17, 15) is 4.79 Å². The van der Waals surface area contributed by atoms with Crippen LogP contribution in [0.5, 0.6) is 11.5 Å². The number of anilines is 1. The molecule has 1 saturated heterocycles. The van der Waals surface area contributed by atoms with Crippen LogP contribution in [0.1, 0.15) is 29.6 Å². The molecule has 0 saturated carbocycles. The smallest absolute Gasteiger partial charge is 0.170 e. The molecule has 2 aromatic carbocycles. The quantitative estimate of drug-likeness (QED) is 0.432. The molecule has 8 nitrogen and oxygen atoms in total. The summed E-state index contributed by atoms with van der Waals surface area (Å²) in [5.41, 5.74) is 1.68. The minimum atomic E-state index is -0.510. The minimum Gasteiger partial charge on any atom is -0.497 e. The van der Waals surface area contributed by atoms with Crippen molar-refractivity contribution in [1.82, 2.24) is 19.7 Å². The lowest BCUT2D eigenvalue weighted by Crippen LogP contribution is -2.51. The van der Waals surface area contributed by atoms with Crippen LogP contribution in [0.3, 0.4) is 0 Å². The Morgan fingerprint density at radius 1 is 1.12 bits per heavy atom. The molecule has 9 heteroatoms. The highest BCUT2D eigenvalue weighted by molar-refractivity contribution is 6.30. The van der Waals surface area contributed by atoms with Gasteiger partial charge in [-0.2, -0.15) is 5.10 Å². The van der Waals surface area contributed by atoms with Crippen LogP contribution >= 0.6 is 11.6 Å². The van der Waals surface area contributed by atoms with Gasteiger partial charge in [-0.05, 0) is 30.3 Å². The normalized spacial score (nSPS) is 17.0. The van der Waals surface area contributed by atoms with Gasteiger partial charge in [0.15, 0.2) is 11.4 Å². The van der Waals surface area contributed by atoms with E-state index in [0.29, 0.717) is 54.4 Å². The van der Waals surface area contributed by atoms with Gasteiger partial charge in [0.05, 0.1) is 36.4 Å². The summed E-state index contributed by atoms with van der Waals surface area (Å²) in [6.07, 6.45) is 5.16. The number of ketones is 1. The zero-order valence-electron chi connectivity index (χ0n) is 18.6. The summed E-state index contributed by atoms with van der Waals surface area (Å²) in [5, 5.41) is 6.05. The van der Waals surface area contributed by atoms with Crippen LogP contribution in [0.25, 0.3) is 16.7 Å². The zero-order valence-corrected chi connectivity index (χ0v) is 19.3. The van der Waals surface area contributed by atoms with Crippen LogP contribution in [0.4, 0.5) is 5.82 Å². The van der Waals surface area contributed by atoms with Gasteiger partial charge in [0.25, 0.3) is 0 Å². The van der Waals surface area contributed by atoms with Gasteiger partial charge in [0.2, 0.25) is 0 Å². The van der Waals surface area contributed by atoms with Crippen molar-refractivity contribution < 1.29 is 14.3 Å². The predicted octanol–water partition coefficient (Wildman–Crippen LogP) is 4.48. The molecule has 0 atom stereocenters. The number of fused-ring (bicyclic) bond motifs is 2. The number of aromatic nitrogens is 4. The SMILES string of the molecule is COc1ccc2c(c1)OC1(CCN(c3ncnc4c3cnn4-c3cccc(Cl)c3)CC1)CC2=O. The van der Waals surface area contributed by atoms with E-state index in [0.717, 1.165) is 22.5 Å². The molecule has 0 bridgehead atoms. The van der Waals surface area contributed by atoms with Crippen LogP contribution in [0.2, 0.25) is 5.02 Å². The summed E-state index contributed by atoms with van der Waals surface area (Å²) in [7, 11) is 1.61. The Bertz CT molecular complexity index is 1410. The van der Waals surface area contributed by atoms with Gasteiger partial charge in [-0.25, -0.2) is 14.6 Å². The number of nitrogens with zero attached hydrogens (tertiary/aromatic N) is 5. The average Bonchev–Trinajstić information content (AvgIpc) is 3.29. The minimum absolute atomic E-state index is 0.115. The first-order valence-electron chi connectivity index (χ1n) is 11.2. The van der Waals surface area contributed by atoms with E-state index < -0.39 is 5.60 Å². The highest BCUT2D eigenvalue weighted by Gasteiger charge is 2.43. The molecule has 6 rings (SSSR count). The maximum absolute atomic E-state index is 12.9. The van der Waals surface area contributed by atoms with E-state index >= 15 is 0 Å². The zero-order chi connectivity index (χ0) is 23.3. The van der Waals surface area contributed by atoms with Crippen LogP contribution < -0.4 is 14.4 Å². The number of hydrogen-bond donors (Lipinski definition) is 0. The molecule has 0 unspecified atom stereocenters. The molecular weight excluding hydrogens is 454 g/mol. The first-order valence-corrected chi connectivity index (χ1v) is 11.5. The van der Waals surface area contributed by atoms with Gasteiger partial charge in [0.1, 0.15) is 29.2 Å². The van der Waals surface area contributed by atoms with E-state index in [-0.39, 0.29) is 5.78 Å². The number of benzene rings is 2. The van der Waals surface area contributed by atoms with Gasteiger partial charge in [-0.1, -0.05) is 17.7 Å². The Morgan fingerprint density at radius 3 is 2.76 bits per heavy atom. The first-order chi connectivity index (χ1) is 16.5. The Morgan fingerprint density at radius 2 is 1.97 bits per heavy atom. The fourth-order valence-corrected chi connectivity index (χ4v) is 5.07. The number of piperidine rings is 1. The number of rotatable bonds is 3. The predicted molar refractivity (Wildman–Crippen MR) is 128 cm³/mol. The largest absolute Gasteiger partial charge is 0.497 e. The van der Waals surface area contributed by atoms with Crippen molar-refractivity contribution in [1.29, 1.82) is 0 Å². The van der Waals surface area contributed by atoms with Crippen LogP contribution in [0.15, 0.2) is 55.0 Å². The molecule has 4 heterocycles. The standard InChI is InChI=1S/C25H22ClN5O3/c1-33-18-5-6-19-21(32)13-25(34-22(19)12-18)7-9-30(10-8-25)23-20-14-29-31(24(20)28-15-27-23)17-4-2-3-16(26)11-17/h2-6,11-12,14-15H,7-10,13H2,1H3. The highest BCUT2D eigenvalue weighted by atomic mass is 35.5. The van der Waals surface area contributed by atoms with E-state index in [4.69, 9.17) is 21.1 Å². The number of carbonyl (C=O) groups excluding carboxylic acids is 1. The molecule has 1 spiro atoms. The van der Waals surface area contributed by atoms with E-state index in [1.165, 1.54) is 0 Å². The van der Waals surface area contributed by atoms with Crippen molar-refractivity contribution in [2.45, 2.75) is 24.9 Å². The fourth-order valence-electron chi connectivity index (χ4n) is 4.89. The first kappa shape index (κ1) is 20.9. The van der Waals surface area contributed by atoms with Crippen molar-refractivity contribution in [3.63, 3.8) is 0 Å². The Labute approximate surface area is 201 Å². The molecule has 0 aliphatic carbocycles. The van der Waals surface area contributed by atoms with Crippen molar-refractivity contribution in [3.8, 4) is 17.2 Å². The molecule has 172 valence electrons. The number of methoxy groups -OCH3 is 1. The highest BCUT2D eigenvalue weighted by Crippen LogP contribution is 2.41. The Balaban J connectivity index is 1.27. The lowest BCUT2D eigenvalue weighted by molar-refractivity contribution is 0.0230. The number of ether oxygens (including phenoxy) is 2. The molecule has 0 N–H and O–H groups in total. The van der Waals surface area contributed by atoms with E-state index in [2.05, 4.69) is 20.0 Å². The van der Waals surface area contributed by atoms with Crippen LogP contribution in [0, 0.1) is 0 Å². The second-order valence-electron chi connectivity index (χ2n) is 8.70. The van der Waals surface area contributed by atoms with E-state index in [1.54, 1.807) is 42.5 Å². The van der Waals surface area contributed by atoms with Gasteiger partial charge in [0, 0.05) is 37.0 Å². The molecular formula is C25H22ClN5O3. The second-order valence-corrected chi connectivity index (χ2v) is 9.14. The molecule has 0 amide bonds. The molecule has 1 fully saturated rings. The Kier molecular flexibility index (Phi) is 4.91.